The van der Waals surface area contributed by atoms with Gasteiger partial charge in [0.15, 0.2) is 9.84 Å². The Balaban J connectivity index is 1.76. The number of aromatic amines is 1. The van der Waals surface area contributed by atoms with Crippen molar-refractivity contribution in [2.75, 3.05) is 19.3 Å². The zero-order valence-electron chi connectivity index (χ0n) is 12.9. The van der Waals surface area contributed by atoms with Gasteiger partial charge >= 0.3 is 0 Å². The lowest BCUT2D eigenvalue weighted by Crippen LogP contribution is -2.28. The molecule has 1 unspecified atom stereocenters. The van der Waals surface area contributed by atoms with Crippen LogP contribution in [-0.4, -0.2) is 53.9 Å². The number of amides is 1. The summed E-state index contributed by atoms with van der Waals surface area (Å²) in [5, 5.41) is 10.4. The van der Waals surface area contributed by atoms with Gasteiger partial charge in [-0.05, 0) is 12.8 Å². The number of sulfone groups is 1. The van der Waals surface area contributed by atoms with Crippen molar-refractivity contribution in [3.63, 3.8) is 0 Å². The first-order chi connectivity index (χ1) is 10.9. The molecule has 2 aromatic rings. The van der Waals surface area contributed by atoms with Crippen molar-refractivity contribution >= 4 is 15.7 Å². The molecule has 0 aliphatic carbocycles. The molecule has 9 heteroatoms. The minimum Gasteiger partial charge on any atom is -0.351 e. The molecule has 0 aromatic carbocycles. The summed E-state index contributed by atoms with van der Waals surface area (Å²) in [6.45, 7) is 2.89. The zero-order valence-corrected chi connectivity index (χ0v) is 13.8. The van der Waals surface area contributed by atoms with Crippen LogP contribution in [0.3, 0.4) is 0 Å². The monoisotopic (exact) mass is 338 g/mol. The molecule has 1 aliphatic heterocycles. The summed E-state index contributed by atoms with van der Waals surface area (Å²) in [4.78, 5) is 14.3. The quantitative estimate of drug-likeness (QED) is 0.890. The van der Waals surface area contributed by atoms with E-state index in [4.69, 9.17) is 4.52 Å². The molecule has 124 valence electrons. The van der Waals surface area contributed by atoms with Crippen molar-refractivity contribution in [3.8, 4) is 0 Å². The Kier molecular flexibility index (Phi) is 3.97. The first-order valence-electron chi connectivity index (χ1n) is 7.38. The lowest BCUT2D eigenvalue weighted by molar-refractivity contribution is 0.0749. The Morgan fingerprint density at radius 2 is 2.30 bits per heavy atom. The van der Waals surface area contributed by atoms with E-state index in [-0.39, 0.29) is 22.5 Å². The first kappa shape index (κ1) is 15.7. The van der Waals surface area contributed by atoms with Crippen LogP contribution in [0.4, 0.5) is 0 Å². The van der Waals surface area contributed by atoms with E-state index in [9.17, 15) is 13.2 Å². The van der Waals surface area contributed by atoms with Crippen molar-refractivity contribution in [2.24, 2.45) is 0 Å². The predicted octanol–water partition coefficient (Wildman–Crippen LogP) is 0.993. The van der Waals surface area contributed by atoms with Crippen LogP contribution >= 0.6 is 0 Å². The summed E-state index contributed by atoms with van der Waals surface area (Å²) >= 11 is 0. The maximum absolute atomic E-state index is 12.4. The highest BCUT2D eigenvalue weighted by molar-refractivity contribution is 7.90. The molecule has 3 heterocycles. The molecule has 0 radical (unpaired) electrons. The third-order valence-electron chi connectivity index (χ3n) is 4.05. The van der Waals surface area contributed by atoms with E-state index < -0.39 is 9.84 Å². The third kappa shape index (κ3) is 3.00. The molecular weight excluding hydrogens is 320 g/mol. The Hall–Kier alpha value is -2.16. The fourth-order valence-electron chi connectivity index (χ4n) is 2.79. The second-order valence-corrected chi connectivity index (χ2v) is 7.68. The number of rotatable bonds is 4. The maximum Gasteiger partial charge on any atom is 0.292 e. The number of nitrogens with zero attached hydrogens (tertiary/aromatic N) is 3. The number of likely N-dealkylation sites (tertiary alicyclic amines) is 1. The molecule has 0 spiro atoms. The van der Waals surface area contributed by atoms with E-state index in [1.165, 1.54) is 6.20 Å². The molecule has 1 saturated heterocycles. The molecule has 1 atom stereocenters. The summed E-state index contributed by atoms with van der Waals surface area (Å²) in [6.07, 6.45) is 3.84. The van der Waals surface area contributed by atoms with Gasteiger partial charge in [-0.3, -0.25) is 9.89 Å². The van der Waals surface area contributed by atoms with Crippen LogP contribution in [0.2, 0.25) is 0 Å². The molecule has 1 amide bonds. The standard InChI is InChI=1S/C14H18N4O4S/c1-3-10-6-11(22-17-10)14(19)18-5-4-9(8-18)13-12(7-15-16-13)23(2,20)21/h6-7,9H,3-5,8H2,1-2H3,(H,15,16). The third-order valence-corrected chi connectivity index (χ3v) is 5.17. The van der Waals surface area contributed by atoms with Crippen LogP contribution in [0.5, 0.6) is 0 Å². The van der Waals surface area contributed by atoms with Gasteiger partial charge in [0.05, 0.1) is 17.6 Å². The smallest absolute Gasteiger partial charge is 0.292 e. The molecule has 23 heavy (non-hydrogen) atoms. The average molecular weight is 338 g/mol. The van der Waals surface area contributed by atoms with Crippen molar-refractivity contribution in [3.05, 3.63) is 29.4 Å². The number of aryl methyl sites for hydroxylation is 1. The molecule has 2 aromatic heterocycles. The number of aromatic nitrogens is 3. The first-order valence-corrected chi connectivity index (χ1v) is 9.27. The molecule has 8 nitrogen and oxygen atoms in total. The summed E-state index contributed by atoms with van der Waals surface area (Å²) in [5.41, 5.74) is 1.30. The number of nitrogens with one attached hydrogen (secondary N) is 1. The minimum absolute atomic E-state index is 0.0836. The topological polar surface area (TPSA) is 109 Å². The SMILES string of the molecule is CCc1cc(C(=O)N2CCC(c3[nH]ncc3S(C)(=O)=O)C2)on1. The molecule has 1 fully saturated rings. The van der Waals surface area contributed by atoms with Crippen LogP contribution in [0, 0.1) is 0 Å². The normalized spacial score (nSPS) is 18.5. The predicted molar refractivity (Wildman–Crippen MR) is 80.8 cm³/mol. The van der Waals surface area contributed by atoms with Crippen LogP contribution in [0.25, 0.3) is 0 Å². The van der Waals surface area contributed by atoms with Gasteiger partial charge in [-0.2, -0.15) is 5.10 Å². The fourth-order valence-corrected chi connectivity index (χ4v) is 3.64. The van der Waals surface area contributed by atoms with Crippen LogP contribution in [0.15, 0.2) is 21.7 Å². The van der Waals surface area contributed by atoms with Gasteiger partial charge in [0, 0.05) is 31.3 Å². The van der Waals surface area contributed by atoms with Crippen molar-refractivity contribution < 1.29 is 17.7 Å². The van der Waals surface area contributed by atoms with Gasteiger partial charge in [0.2, 0.25) is 5.76 Å². The van der Waals surface area contributed by atoms with Gasteiger partial charge in [0.25, 0.3) is 5.91 Å². The number of hydrogen-bond donors (Lipinski definition) is 1. The molecule has 3 rings (SSSR count). The number of carbonyl (C=O) groups is 1. The number of carbonyl (C=O) groups excluding carboxylic acids is 1. The summed E-state index contributed by atoms with van der Waals surface area (Å²) in [7, 11) is -3.34. The van der Waals surface area contributed by atoms with Crippen molar-refractivity contribution in [2.45, 2.75) is 30.6 Å². The van der Waals surface area contributed by atoms with Crippen molar-refractivity contribution in [1.29, 1.82) is 0 Å². The maximum atomic E-state index is 12.4. The van der Waals surface area contributed by atoms with Gasteiger partial charge < -0.3 is 9.42 Å². The summed E-state index contributed by atoms with van der Waals surface area (Å²) in [6, 6.07) is 1.65. The van der Waals surface area contributed by atoms with E-state index in [0.29, 0.717) is 31.6 Å². The zero-order chi connectivity index (χ0) is 16.6. The number of H-pyrrole nitrogens is 1. The molecule has 1 N–H and O–H groups in total. The molecular formula is C14H18N4O4S. The molecule has 0 saturated carbocycles. The van der Waals surface area contributed by atoms with E-state index in [1.807, 2.05) is 6.92 Å². The minimum atomic E-state index is -3.34. The highest BCUT2D eigenvalue weighted by atomic mass is 32.2. The highest BCUT2D eigenvalue weighted by Crippen LogP contribution is 2.30. The van der Waals surface area contributed by atoms with Gasteiger partial charge in [-0.1, -0.05) is 12.1 Å². The number of hydrogen-bond acceptors (Lipinski definition) is 6. The van der Waals surface area contributed by atoms with Crippen LogP contribution in [0.1, 0.15) is 41.2 Å². The van der Waals surface area contributed by atoms with E-state index in [2.05, 4.69) is 15.4 Å². The van der Waals surface area contributed by atoms with Gasteiger partial charge in [0.1, 0.15) is 4.90 Å². The van der Waals surface area contributed by atoms with E-state index in [0.717, 1.165) is 11.9 Å². The fraction of sp³-hybridized carbons (Fsp3) is 0.500. The summed E-state index contributed by atoms with van der Waals surface area (Å²) in [5.74, 6) is -0.0877. The highest BCUT2D eigenvalue weighted by Gasteiger charge is 2.33. The lowest BCUT2D eigenvalue weighted by atomic mass is 10.1. The second-order valence-electron chi connectivity index (χ2n) is 5.69. The van der Waals surface area contributed by atoms with E-state index in [1.54, 1.807) is 11.0 Å². The summed E-state index contributed by atoms with van der Waals surface area (Å²) < 4.78 is 28.6. The Morgan fingerprint density at radius 3 is 2.96 bits per heavy atom. The van der Waals surface area contributed by atoms with Crippen molar-refractivity contribution in [1.82, 2.24) is 20.3 Å². The second kappa shape index (κ2) is 5.80. The van der Waals surface area contributed by atoms with Crippen LogP contribution < -0.4 is 0 Å². The van der Waals surface area contributed by atoms with Gasteiger partial charge in [-0.25, -0.2) is 8.42 Å². The van der Waals surface area contributed by atoms with E-state index >= 15 is 0 Å². The van der Waals surface area contributed by atoms with Crippen LogP contribution in [-0.2, 0) is 16.3 Å². The molecule has 0 bridgehead atoms. The largest absolute Gasteiger partial charge is 0.351 e. The Bertz CT molecular complexity index is 823. The Morgan fingerprint density at radius 1 is 1.52 bits per heavy atom. The van der Waals surface area contributed by atoms with Gasteiger partial charge in [-0.15, -0.1) is 0 Å². The lowest BCUT2D eigenvalue weighted by Gasteiger charge is -2.14. The average Bonchev–Trinajstić information content (AvgIpc) is 3.23. The Labute approximate surface area is 133 Å². The molecule has 1 aliphatic rings.